The molecule has 1 fully saturated rings. The van der Waals surface area contributed by atoms with Crippen LogP contribution >= 0.6 is 0 Å². The predicted molar refractivity (Wildman–Crippen MR) is 94.5 cm³/mol. The molecule has 0 aromatic heterocycles. The van der Waals surface area contributed by atoms with E-state index >= 15 is 0 Å². The van der Waals surface area contributed by atoms with Crippen LogP contribution in [0.25, 0.3) is 0 Å². The van der Waals surface area contributed by atoms with Crippen molar-refractivity contribution in [3.05, 3.63) is 65.7 Å². The van der Waals surface area contributed by atoms with E-state index in [1.54, 1.807) is 0 Å². The van der Waals surface area contributed by atoms with Crippen molar-refractivity contribution in [3.63, 3.8) is 0 Å². The Labute approximate surface area is 134 Å². The second-order valence-corrected chi connectivity index (χ2v) is 7.10. The monoisotopic (exact) mass is 294 g/mol. The maximum Gasteiger partial charge on any atom is 0.0361 e. The quantitative estimate of drug-likeness (QED) is 0.905. The summed E-state index contributed by atoms with van der Waals surface area (Å²) in [5, 5.41) is 3.82. The molecular formula is C20H26N2. The third kappa shape index (κ3) is 2.89. The van der Waals surface area contributed by atoms with Gasteiger partial charge >= 0.3 is 0 Å². The molecule has 2 heteroatoms. The molecular weight excluding hydrogens is 268 g/mol. The van der Waals surface area contributed by atoms with Crippen molar-refractivity contribution >= 4 is 5.69 Å². The molecule has 0 radical (unpaired) electrons. The van der Waals surface area contributed by atoms with Crippen molar-refractivity contribution in [2.24, 2.45) is 0 Å². The first-order valence-electron chi connectivity index (χ1n) is 8.07. The Bertz CT molecular complexity index is 614. The Morgan fingerprint density at radius 3 is 2.14 bits per heavy atom. The zero-order valence-electron chi connectivity index (χ0n) is 14.0. The highest BCUT2D eigenvalue weighted by Crippen LogP contribution is 2.43. The van der Waals surface area contributed by atoms with Gasteiger partial charge in [0.25, 0.3) is 0 Å². The van der Waals surface area contributed by atoms with Gasteiger partial charge in [-0.1, -0.05) is 42.5 Å². The van der Waals surface area contributed by atoms with E-state index in [0.717, 1.165) is 6.42 Å². The van der Waals surface area contributed by atoms with Crippen LogP contribution in [0.4, 0.5) is 5.69 Å². The highest BCUT2D eigenvalue weighted by molar-refractivity contribution is 5.47. The molecule has 1 N–H and O–H groups in total. The Morgan fingerprint density at radius 2 is 1.55 bits per heavy atom. The summed E-state index contributed by atoms with van der Waals surface area (Å²) in [5.74, 6) is 0.536. The van der Waals surface area contributed by atoms with Crippen molar-refractivity contribution in [1.82, 2.24) is 5.32 Å². The van der Waals surface area contributed by atoms with Crippen LogP contribution in [0.3, 0.4) is 0 Å². The van der Waals surface area contributed by atoms with Crippen molar-refractivity contribution in [1.29, 1.82) is 0 Å². The maximum absolute atomic E-state index is 3.82. The zero-order chi connectivity index (χ0) is 15.7. The van der Waals surface area contributed by atoms with E-state index in [1.807, 2.05) is 0 Å². The van der Waals surface area contributed by atoms with Gasteiger partial charge in [-0.05, 0) is 43.5 Å². The fraction of sp³-hybridized carbons (Fsp3) is 0.400. The Balaban J connectivity index is 1.84. The van der Waals surface area contributed by atoms with Crippen LogP contribution in [0.2, 0.25) is 0 Å². The number of rotatable bonds is 3. The van der Waals surface area contributed by atoms with Crippen LogP contribution < -0.4 is 10.2 Å². The topological polar surface area (TPSA) is 15.3 Å². The lowest BCUT2D eigenvalue weighted by molar-refractivity contribution is 0.397. The first-order valence-corrected chi connectivity index (χ1v) is 8.07. The molecule has 2 aromatic rings. The summed E-state index contributed by atoms with van der Waals surface area (Å²) in [6.45, 7) is 4.64. The van der Waals surface area contributed by atoms with E-state index in [1.165, 1.54) is 16.8 Å². The van der Waals surface area contributed by atoms with Crippen LogP contribution in [0.5, 0.6) is 0 Å². The molecule has 116 valence electrons. The number of hydrogen-bond donors (Lipinski definition) is 1. The molecule has 0 bridgehead atoms. The third-order valence-corrected chi connectivity index (χ3v) is 4.90. The maximum atomic E-state index is 3.82. The van der Waals surface area contributed by atoms with Crippen molar-refractivity contribution in [3.8, 4) is 0 Å². The second kappa shape index (κ2) is 5.77. The summed E-state index contributed by atoms with van der Waals surface area (Å²) in [6, 6.07) is 20.3. The molecule has 22 heavy (non-hydrogen) atoms. The van der Waals surface area contributed by atoms with E-state index in [0.29, 0.717) is 12.0 Å². The fourth-order valence-electron chi connectivity index (χ4n) is 3.60. The van der Waals surface area contributed by atoms with Gasteiger partial charge in [0.1, 0.15) is 0 Å². The lowest BCUT2D eigenvalue weighted by atomic mass is 9.82. The highest BCUT2D eigenvalue weighted by atomic mass is 15.1. The van der Waals surface area contributed by atoms with E-state index in [2.05, 4.69) is 92.8 Å². The Morgan fingerprint density at radius 1 is 0.909 bits per heavy atom. The SMILES string of the molecule is CN(C)c1ccc([C@H]2C[C@@H](c3ccccc3)NC2(C)C)cc1. The van der Waals surface area contributed by atoms with Gasteiger partial charge < -0.3 is 10.2 Å². The minimum Gasteiger partial charge on any atom is -0.378 e. The van der Waals surface area contributed by atoms with E-state index in [-0.39, 0.29) is 5.54 Å². The highest BCUT2D eigenvalue weighted by Gasteiger charge is 2.40. The summed E-state index contributed by atoms with van der Waals surface area (Å²) in [5.41, 5.74) is 4.19. The molecule has 2 nitrogen and oxygen atoms in total. The van der Waals surface area contributed by atoms with Crippen LogP contribution in [0.1, 0.15) is 43.4 Å². The first kappa shape index (κ1) is 15.1. The van der Waals surface area contributed by atoms with Gasteiger partial charge in [0.15, 0.2) is 0 Å². The van der Waals surface area contributed by atoms with Gasteiger partial charge in [-0.25, -0.2) is 0 Å². The molecule has 1 aliphatic heterocycles. The second-order valence-electron chi connectivity index (χ2n) is 7.10. The van der Waals surface area contributed by atoms with Gasteiger partial charge in [0, 0.05) is 37.3 Å². The predicted octanol–water partition coefficient (Wildman–Crippen LogP) is 4.35. The van der Waals surface area contributed by atoms with Gasteiger partial charge in [0.05, 0.1) is 0 Å². The molecule has 0 spiro atoms. The van der Waals surface area contributed by atoms with Gasteiger partial charge in [-0.2, -0.15) is 0 Å². The zero-order valence-corrected chi connectivity index (χ0v) is 14.0. The number of hydrogen-bond acceptors (Lipinski definition) is 2. The third-order valence-electron chi connectivity index (χ3n) is 4.90. The summed E-state index contributed by atoms with van der Waals surface area (Å²) in [6.07, 6.45) is 1.15. The number of nitrogens with zero attached hydrogens (tertiary/aromatic N) is 1. The smallest absolute Gasteiger partial charge is 0.0361 e. The average molecular weight is 294 g/mol. The van der Waals surface area contributed by atoms with Gasteiger partial charge in [0.2, 0.25) is 0 Å². The summed E-state index contributed by atoms with van der Waals surface area (Å²) < 4.78 is 0. The van der Waals surface area contributed by atoms with Crippen LogP contribution in [-0.4, -0.2) is 19.6 Å². The molecule has 0 saturated carbocycles. The van der Waals surface area contributed by atoms with Gasteiger partial charge in [-0.3, -0.25) is 0 Å². The van der Waals surface area contributed by atoms with E-state index in [9.17, 15) is 0 Å². The Hall–Kier alpha value is -1.80. The lowest BCUT2D eigenvalue weighted by Gasteiger charge is -2.28. The largest absolute Gasteiger partial charge is 0.378 e. The molecule has 0 aliphatic carbocycles. The molecule has 3 rings (SSSR count). The summed E-state index contributed by atoms with van der Waals surface area (Å²) >= 11 is 0. The molecule has 2 atom stereocenters. The normalized spacial score (nSPS) is 23.5. The lowest BCUT2D eigenvalue weighted by Crippen LogP contribution is -2.37. The van der Waals surface area contributed by atoms with E-state index in [4.69, 9.17) is 0 Å². The summed E-state index contributed by atoms with van der Waals surface area (Å²) in [7, 11) is 4.17. The Kier molecular flexibility index (Phi) is 3.96. The molecule has 1 heterocycles. The fourth-order valence-corrected chi connectivity index (χ4v) is 3.60. The van der Waals surface area contributed by atoms with Crippen molar-refractivity contribution in [2.75, 3.05) is 19.0 Å². The van der Waals surface area contributed by atoms with Crippen LogP contribution in [-0.2, 0) is 0 Å². The first-order chi connectivity index (χ1) is 10.5. The minimum atomic E-state index is 0.111. The average Bonchev–Trinajstić information content (AvgIpc) is 2.84. The van der Waals surface area contributed by atoms with Crippen molar-refractivity contribution < 1.29 is 0 Å². The van der Waals surface area contributed by atoms with Crippen LogP contribution in [0.15, 0.2) is 54.6 Å². The van der Waals surface area contributed by atoms with Crippen LogP contribution in [0, 0.1) is 0 Å². The molecule has 0 unspecified atom stereocenters. The molecule has 1 aliphatic rings. The van der Waals surface area contributed by atoms with E-state index < -0.39 is 0 Å². The van der Waals surface area contributed by atoms with Crippen molar-refractivity contribution in [2.45, 2.75) is 37.8 Å². The molecule has 0 amide bonds. The molecule has 1 saturated heterocycles. The molecule has 2 aromatic carbocycles. The number of benzene rings is 2. The summed E-state index contributed by atoms with van der Waals surface area (Å²) in [4.78, 5) is 2.15. The number of nitrogens with one attached hydrogen (secondary N) is 1. The standard InChI is InChI=1S/C20H26N2/c1-20(2)18(15-10-12-17(13-11-15)22(3)4)14-19(21-20)16-8-6-5-7-9-16/h5-13,18-19,21H,14H2,1-4H3/t18-,19+/m1/s1. The van der Waals surface area contributed by atoms with Gasteiger partial charge in [-0.15, -0.1) is 0 Å². The number of anilines is 1. The minimum absolute atomic E-state index is 0.111.